The first-order valence-corrected chi connectivity index (χ1v) is 13.4. The molecule has 2 aliphatic heterocycles. The summed E-state index contributed by atoms with van der Waals surface area (Å²) < 4.78 is 55.4. The Balaban J connectivity index is 1.41. The Bertz CT molecular complexity index is 1080. The number of likely N-dealkylation sites (tertiary alicyclic amines) is 1. The number of esters is 1. The van der Waals surface area contributed by atoms with Crippen LogP contribution in [0.4, 0.5) is 18.9 Å². The van der Waals surface area contributed by atoms with Crippen LogP contribution in [0.3, 0.4) is 0 Å². The maximum atomic E-state index is 13.2. The lowest BCUT2D eigenvalue weighted by molar-refractivity contribution is -0.141. The van der Waals surface area contributed by atoms with Crippen LogP contribution in [0.25, 0.3) is 0 Å². The Hall–Kier alpha value is -2.98. The molecule has 0 radical (unpaired) electrons. The van der Waals surface area contributed by atoms with E-state index in [0.717, 1.165) is 68.7 Å². The van der Waals surface area contributed by atoms with Gasteiger partial charge in [0.05, 0.1) is 26.9 Å². The predicted molar refractivity (Wildman–Crippen MR) is 143 cm³/mol. The topological polar surface area (TPSA) is 54.5 Å². The van der Waals surface area contributed by atoms with Gasteiger partial charge in [-0.1, -0.05) is 6.07 Å². The fourth-order valence-electron chi connectivity index (χ4n) is 5.82. The van der Waals surface area contributed by atoms with E-state index >= 15 is 0 Å². The Kier molecular flexibility index (Phi) is 9.61. The van der Waals surface area contributed by atoms with Gasteiger partial charge in [0.15, 0.2) is 0 Å². The second-order valence-electron chi connectivity index (χ2n) is 10.3. The minimum Gasteiger partial charge on any atom is -0.497 e. The van der Waals surface area contributed by atoms with Gasteiger partial charge in [-0.2, -0.15) is 13.2 Å². The van der Waals surface area contributed by atoms with Crippen molar-refractivity contribution in [1.29, 1.82) is 0 Å². The lowest BCUT2D eigenvalue weighted by Gasteiger charge is -2.47. The van der Waals surface area contributed by atoms with Gasteiger partial charge >= 0.3 is 12.1 Å². The average Bonchev–Trinajstić information content (AvgIpc) is 2.95. The van der Waals surface area contributed by atoms with Gasteiger partial charge in [0, 0.05) is 63.5 Å². The zero-order valence-electron chi connectivity index (χ0n) is 22.9. The number of alkyl halides is 3. The van der Waals surface area contributed by atoms with E-state index in [0.29, 0.717) is 31.2 Å². The molecule has 39 heavy (non-hydrogen) atoms. The van der Waals surface area contributed by atoms with Gasteiger partial charge in [-0.05, 0) is 61.2 Å². The lowest BCUT2D eigenvalue weighted by atomic mass is 9.86. The van der Waals surface area contributed by atoms with Crippen LogP contribution in [0.5, 0.6) is 11.5 Å². The van der Waals surface area contributed by atoms with Crippen LogP contribution in [0.2, 0.25) is 0 Å². The molecule has 0 saturated carbocycles. The Labute approximate surface area is 228 Å². The summed E-state index contributed by atoms with van der Waals surface area (Å²) in [5.41, 5.74) is 1.09. The molecule has 214 valence electrons. The van der Waals surface area contributed by atoms with Gasteiger partial charge in [0.25, 0.3) is 0 Å². The van der Waals surface area contributed by atoms with E-state index in [9.17, 15) is 18.0 Å². The fourth-order valence-corrected chi connectivity index (χ4v) is 5.82. The van der Waals surface area contributed by atoms with Gasteiger partial charge in [0.2, 0.25) is 0 Å². The monoisotopic (exact) mass is 549 g/mol. The number of hydrogen-bond donors (Lipinski definition) is 0. The van der Waals surface area contributed by atoms with Crippen LogP contribution in [0.1, 0.15) is 30.4 Å². The van der Waals surface area contributed by atoms with Crippen molar-refractivity contribution >= 4 is 11.7 Å². The number of benzene rings is 2. The normalized spacial score (nSPS) is 21.0. The second kappa shape index (κ2) is 12.9. The van der Waals surface area contributed by atoms with Crippen molar-refractivity contribution in [2.24, 2.45) is 5.92 Å². The molecule has 0 aromatic heterocycles. The molecular formula is C29H38F3N3O4. The highest BCUT2D eigenvalue weighted by molar-refractivity contribution is 5.69. The second-order valence-corrected chi connectivity index (χ2v) is 10.3. The van der Waals surface area contributed by atoms with Gasteiger partial charge < -0.3 is 19.1 Å². The molecule has 4 rings (SSSR count). The van der Waals surface area contributed by atoms with E-state index in [2.05, 4.69) is 9.80 Å². The number of hydrogen-bond acceptors (Lipinski definition) is 7. The fraction of sp³-hybridized carbons (Fsp3) is 0.552. The lowest BCUT2D eigenvalue weighted by Crippen LogP contribution is -2.56. The smallest absolute Gasteiger partial charge is 0.416 e. The highest BCUT2D eigenvalue weighted by Gasteiger charge is 2.36. The van der Waals surface area contributed by atoms with Crippen LogP contribution < -0.4 is 14.4 Å². The molecule has 10 heteroatoms. The van der Waals surface area contributed by atoms with Gasteiger partial charge in [-0.25, -0.2) is 0 Å². The van der Waals surface area contributed by atoms with Crippen molar-refractivity contribution in [1.82, 2.24) is 9.80 Å². The first-order chi connectivity index (χ1) is 18.7. The van der Waals surface area contributed by atoms with Crippen molar-refractivity contribution in [2.45, 2.75) is 38.0 Å². The molecule has 0 amide bonds. The first-order valence-electron chi connectivity index (χ1n) is 13.4. The Morgan fingerprint density at radius 2 is 1.64 bits per heavy atom. The minimum absolute atomic E-state index is 0.210. The van der Waals surface area contributed by atoms with Gasteiger partial charge in [0.1, 0.15) is 11.5 Å². The molecule has 2 atom stereocenters. The summed E-state index contributed by atoms with van der Waals surface area (Å²) in [6.45, 7) is 5.36. The predicted octanol–water partition coefficient (Wildman–Crippen LogP) is 4.69. The van der Waals surface area contributed by atoms with E-state index in [1.54, 1.807) is 20.3 Å². The average molecular weight is 550 g/mol. The van der Waals surface area contributed by atoms with Crippen LogP contribution in [-0.2, 0) is 22.3 Å². The molecule has 2 aromatic rings. The molecule has 7 nitrogen and oxygen atoms in total. The number of anilines is 1. The number of piperidine rings is 1. The third-order valence-corrected chi connectivity index (χ3v) is 7.86. The van der Waals surface area contributed by atoms with Crippen molar-refractivity contribution in [3.05, 3.63) is 53.6 Å². The molecule has 0 aliphatic carbocycles. The number of carbonyl (C=O) groups is 1. The largest absolute Gasteiger partial charge is 0.497 e. The number of rotatable bonds is 9. The van der Waals surface area contributed by atoms with Crippen molar-refractivity contribution in [3.8, 4) is 11.5 Å². The number of carbonyl (C=O) groups excluding carboxylic acids is 1. The van der Waals surface area contributed by atoms with E-state index in [-0.39, 0.29) is 11.9 Å². The molecule has 2 heterocycles. The number of ether oxygens (including phenoxy) is 3. The summed E-state index contributed by atoms with van der Waals surface area (Å²) >= 11 is 0. The van der Waals surface area contributed by atoms with E-state index in [4.69, 9.17) is 14.2 Å². The van der Waals surface area contributed by atoms with Crippen molar-refractivity contribution < 1.29 is 32.2 Å². The number of piperazine rings is 1. The molecule has 2 aliphatic rings. The standard InChI is InChI=1S/C29H38F3N3O4/c1-37-25-15-21(16-26(18-25)38-2)19-33-10-9-27(22(20-33)7-8-28(36)39-3)35-13-11-34(12-14-35)24-6-4-5-23(17-24)29(30,31)32/h4-6,15-18,22,27H,7-14,19-20H2,1-3H3/t22-,27+/m1/s1. The maximum Gasteiger partial charge on any atom is 0.416 e. The summed E-state index contributed by atoms with van der Waals surface area (Å²) in [6.07, 6.45) is -2.31. The molecule has 2 saturated heterocycles. The molecule has 0 spiro atoms. The summed E-state index contributed by atoms with van der Waals surface area (Å²) in [7, 11) is 4.69. The summed E-state index contributed by atoms with van der Waals surface area (Å²) in [5, 5.41) is 0. The van der Waals surface area contributed by atoms with Crippen molar-refractivity contribution in [3.63, 3.8) is 0 Å². The molecule has 0 N–H and O–H groups in total. The third kappa shape index (κ3) is 7.57. The van der Waals surface area contributed by atoms with Crippen LogP contribution in [0, 0.1) is 5.92 Å². The SMILES string of the molecule is COC(=O)CC[C@@H]1CN(Cc2cc(OC)cc(OC)c2)CC[C@@H]1N1CCN(c2cccc(C(F)(F)F)c2)CC1. The molecule has 2 fully saturated rings. The zero-order valence-corrected chi connectivity index (χ0v) is 22.9. The van der Waals surface area contributed by atoms with Crippen LogP contribution >= 0.6 is 0 Å². The summed E-state index contributed by atoms with van der Waals surface area (Å²) in [5.74, 6) is 1.56. The van der Waals surface area contributed by atoms with E-state index in [1.165, 1.54) is 19.2 Å². The first kappa shape index (κ1) is 29.0. The summed E-state index contributed by atoms with van der Waals surface area (Å²) in [6, 6.07) is 11.8. The molecular weight excluding hydrogens is 511 g/mol. The zero-order chi connectivity index (χ0) is 28.0. The van der Waals surface area contributed by atoms with Crippen LogP contribution in [-0.4, -0.2) is 82.4 Å². The molecule has 0 unspecified atom stereocenters. The van der Waals surface area contributed by atoms with Gasteiger partial charge in [-0.15, -0.1) is 0 Å². The van der Waals surface area contributed by atoms with E-state index in [1.807, 2.05) is 23.1 Å². The minimum atomic E-state index is -4.35. The number of nitrogens with zero attached hydrogens (tertiary/aromatic N) is 3. The van der Waals surface area contributed by atoms with E-state index < -0.39 is 11.7 Å². The molecule has 0 bridgehead atoms. The highest BCUT2D eigenvalue weighted by Crippen LogP contribution is 2.33. The van der Waals surface area contributed by atoms with Crippen molar-refractivity contribution in [2.75, 3.05) is 65.5 Å². The van der Waals surface area contributed by atoms with Crippen LogP contribution in [0.15, 0.2) is 42.5 Å². The van der Waals surface area contributed by atoms with Gasteiger partial charge in [-0.3, -0.25) is 14.6 Å². The maximum absolute atomic E-state index is 13.2. The number of halogens is 3. The highest BCUT2D eigenvalue weighted by atomic mass is 19.4. The quantitative estimate of drug-likeness (QED) is 0.421. The Morgan fingerprint density at radius 3 is 2.26 bits per heavy atom. The summed E-state index contributed by atoms with van der Waals surface area (Å²) in [4.78, 5) is 18.9. The molecule has 2 aromatic carbocycles. The third-order valence-electron chi connectivity index (χ3n) is 7.86. The Morgan fingerprint density at radius 1 is 0.949 bits per heavy atom. The number of methoxy groups -OCH3 is 3.